The van der Waals surface area contributed by atoms with Crippen molar-refractivity contribution in [2.75, 3.05) is 23.7 Å². The highest BCUT2D eigenvalue weighted by atomic mass is 32.1. The summed E-state index contributed by atoms with van der Waals surface area (Å²) < 4.78 is 6.63. The van der Waals surface area contributed by atoms with Gasteiger partial charge in [0.1, 0.15) is 17.0 Å². The predicted molar refractivity (Wildman–Crippen MR) is 155 cm³/mol. The highest BCUT2D eigenvalue weighted by Crippen LogP contribution is 2.58. The fourth-order valence-corrected chi connectivity index (χ4v) is 6.22. The Bertz CT molecular complexity index is 1510. The van der Waals surface area contributed by atoms with Crippen molar-refractivity contribution in [2.45, 2.75) is 33.2 Å². The second-order valence-corrected chi connectivity index (χ2v) is 10.6. The molecule has 6 rings (SSSR count). The van der Waals surface area contributed by atoms with Crippen LogP contribution in [0.4, 0.5) is 11.4 Å². The first kappa shape index (κ1) is 24.2. The molecule has 1 aromatic heterocycles. The van der Waals surface area contributed by atoms with E-state index >= 15 is 0 Å². The summed E-state index contributed by atoms with van der Waals surface area (Å²) in [4.78, 5) is 15.1. The Morgan fingerprint density at radius 3 is 2.11 bits per heavy atom. The molecule has 0 atom stereocenters. The molecule has 3 aromatic carbocycles. The third-order valence-corrected chi connectivity index (χ3v) is 8.09. The Kier molecular flexibility index (Phi) is 5.95. The molecule has 0 fully saturated rings. The van der Waals surface area contributed by atoms with Crippen molar-refractivity contribution in [2.24, 2.45) is 5.10 Å². The number of amides is 1. The molecule has 2 N–H and O–H groups in total. The van der Waals surface area contributed by atoms with Crippen molar-refractivity contribution in [3.8, 4) is 11.5 Å². The van der Waals surface area contributed by atoms with E-state index in [2.05, 4.69) is 62.6 Å². The van der Waals surface area contributed by atoms with Crippen molar-refractivity contribution in [3.63, 3.8) is 0 Å². The number of anilines is 2. The van der Waals surface area contributed by atoms with Crippen LogP contribution in [0.3, 0.4) is 0 Å². The largest absolute Gasteiger partial charge is 0.456 e. The van der Waals surface area contributed by atoms with E-state index in [-0.39, 0.29) is 5.91 Å². The number of benzene rings is 3. The second-order valence-electron chi connectivity index (χ2n) is 9.62. The molecule has 0 saturated heterocycles. The van der Waals surface area contributed by atoms with E-state index in [4.69, 9.17) is 9.84 Å². The maximum atomic E-state index is 14.1. The molecular weight excluding hydrogens is 492 g/mol. The standard InChI is InChI=1S/C31H30N4O2S/c1-5-32-26-16-28-24(14-19(26)3)31(25-15-20(4)27(33-6-2)17-29(25)37-28)23-12-8-7-11-22(23)30(36)35(31)34-18-21-10-9-13-38-21/h7-18,32-33H,5-6H2,1-4H3/b34-18+. The Hall–Kier alpha value is -4.10. The van der Waals surface area contributed by atoms with Gasteiger partial charge in [0, 0.05) is 63.7 Å². The summed E-state index contributed by atoms with van der Waals surface area (Å²) in [6.07, 6.45) is 1.78. The van der Waals surface area contributed by atoms with Crippen LogP contribution >= 0.6 is 11.3 Å². The number of fused-ring (bicyclic) bond motifs is 6. The maximum absolute atomic E-state index is 14.1. The van der Waals surface area contributed by atoms with Crippen molar-refractivity contribution in [1.82, 2.24) is 5.01 Å². The zero-order valence-corrected chi connectivity index (χ0v) is 22.8. The van der Waals surface area contributed by atoms with Crippen molar-refractivity contribution < 1.29 is 9.53 Å². The molecule has 0 aliphatic carbocycles. The lowest BCUT2D eigenvalue weighted by atomic mass is 9.74. The first-order chi connectivity index (χ1) is 18.5. The van der Waals surface area contributed by atoms with Crippen LogP contribution in [0.1, 0.15) is 56.9 Å². The monoisotopic (exact) mass is 522 g/mol. The lowest BCUT2D eigenvalue weighted by molar-refractivity contribution is 0.0675. The van der Waals surface area contributed by atoms with E-state index < -0.39 is 5.54 Å². The first-order valence-electron chi connectivity index (χ1n) is 13.0. The van der Waals surface area contributed by atoms with Crippen molar-refractivity contribution >= 4 is 34.8 Å². The molecule has 0 saturated carbocycles. The number of nitrogens with zero attached hydrogens (tertiary/aromatic N) is 2. The van der Waals surface area contributed by atoms with Gasteiger partial charge in [0.15, 0.2) is 0 Å². The summed E-state index contributed by atoms with van der Waals surface area (Å²) in [7, 11) is 0. The number of hydrogen-bond acceptors (Lipinski definition) is 6. The molecular formula is C31H30N4O2S. The van der Waals surface area contributed by atoms with Gasteiger partial charge in [-0.05, 0) is 68.5 Å². The smallest absolute Gasteiger partial charge is 0.275 e. The lowest BCUT2D eigenvalue weighted by Gasteiger charge is -2.42. The van der Waals surface area contributed by atoms with E-state index in [1.165, 1.54) is 0 Å². The van der Waals surface area contributed by atoms with Crippen LogP contribution in [-0.4, -0.2) is 30.2 Å². The average molecular weight is 523 g/mol. The topological polar surface area (TPSA) is 66.0 Å². The Morgan fingerprint density at radius 2 is 1.53 bits per heavy atom. The maximum Gasteiger partial charge on any atom is 0.275 e. The highest BCUT2D eigenvalue weighted by molar-refractivity contribution is 7.11. The van der Waals surface area contributed by atoms with Gasteiger partial charge in [0.2, 0.25) is 0 Å². The Labute approximate surface area is 227 Å². The molecule has 2 aliphatic rings. The molecule has 0 radical (unpaired) electrons. The molecule has 7 heteroatoms. The van der Waals surface area contributed by atoms with Gasteiger partial charge >= 0.3 is 0 Å². The van der Waals surface area contributed by atoms with Crippen LogP contribution in [0, 0.1) is 13.8 Å². The molecule has 192 valence electrons. The minimum absolute atomic E-state index is 0.131. The molecule has 3 heterocycles. The number of carbonyl (C=O) groups excluding carboxylic acids is 1. The van der Waals surface area contributed by atoms with Gasteiger partial charge in [-0.3, -0.25) is 4.79 Å². The molecule has 2 aliphatic heterocycles. The third-order valence-electron chi connectivity index (χ3n) is 7.29. The van der Waals surface area contributed by atoms with E-state index in [1.807, 2.05) is 41.8 Å². The number of rotatable bonds is 6. The van der Waals surface area contributed by atoms with Crippen molar-refractivity contribution in [1.29, 1.82) is 0 Å². The lowest BCUT2D eigenvalue weighted by Crippen LogP contribution is -2.44. The third kappa shape index (κ3) is 3.53. The predicted octanol–water partition coefficient (Wildman–Crippen LogP) is 7.12. The van der Waals surface area contributed by atoms with E-state index in [9.17, 15) is 4.79 Å². The van der Waals surface area contributed by atoms with Gasteiger partial charge in [0.25, 0.3) is 5.91 Å². The number of aryl methyl sites for hydroxylation is 2. The van der Waals surface area contributed by atoms with Gasteiger partial charge in [0.05, 0.1) is 6.21 Å². The van der Waals surface area contributed by atoms with E-state index in [0.717, 1.165) is 57.2 Å². The van der Waals surface area contributed by atoms with Gasteiger partial charge < -0.3 is 15.4 Å². The SMILES string of the molecule is CCNc1cc2c(cc1C)C1(c3cc(C)c(NCC)cc3O2)c2ccccc2C(=O)N1/N=C/c1cccs1. The zero-order chi connectivity index (χ0) is 26.4. The Morgan fingerprint density at radius 1 is 0.895 bits per heavy atom. The van der Waals surface area contributed by atoms with Gasteiger partial charge in [-0.2, -0.15) is 5.10 Å². The number of nitrogens with one attached hydrogen (secondary N) is 2. The summed E-state index contributed by atoms with van der Waals surface area (Å²) in [5.74, 6) is 1.30. The zero-order valence-electron chi connectivity index (χ0n) is 22.0. The van der Waals surface area contributed by atoms with Gasteiger partial charge in [-0.25, -0.2) is 5.01 Å². The van der Waals surface area contributed by atoms with Gasteiger partial charge in [-0.1, -0.05) is 24.3 Å². The Balaban J connectivity index is 1.70. The summed E-state index contributed by atoms with van der Waals surface area (Å²) in [5, 5.41) is 15.5. The molecule has 0 bridgehead atoms. The van der Waals surface area contributed by atoms with E-state index in [1.54, 1.807) is 22.6 Å². The number of hydrazone groups is 1. The first-order valence-corrected chi connectivity index (χ1v) is 13.8. The molecule has 6 nitrogen and oxygen atoms in total. The highest BCUT2D eigenvalue weighted by Gasteiger charge is 2.57. The van der Waals surface area contributed by atoms with Crippen molar-refractivity contribution in [3.05, 3.63) is 104 Å². The summed E-state index contributed by atoms with van der Waals surface area (Å²) in [5.41, 5.74) is 6.57. The van der Waals surface area contributed by atoms with Gasteiger partial charge in [-0.15, -0.1) is 11.3 Å². The minimum atomic E-state index is -0.977. The molecule has 38 heavy (non-hydrogen) atoms. The van der Waals surface area contributed by atoms with Crippen LogP contribution in [0.2, 0.25) is 0 Å². The molecule has 0 unspecified atom stereocenters. The van der Waals surface area contributed by atoms with Crippen LogP contribution in [0.15, 0.2) is 71.1 Å². The van der Waals surface area contributed by atoms with Crippen LogP contribution in [0.5, 0.6) is 11.5 Å². The second kappa shape index (κ2) is 9.33. The van der Waals surface area contributed by atoms with Crippen LogP contribution in [-0.2, 0) is 5.54 Å². The molecule has 4 aromatic rings. The normalized spacial score (nSPS) is 14.8. The summed E-state index contributed by atoms with van der Waals surface area (Å²) >= 11 is 1.59. The number of hydrogen-bond donors (Lipinski definition) is 2. The fraction of sp³-hybridized carbons (Fsp3) is 0.226. The number of thiophene rings is 1. The average Bonchev–Trinajstić information content (AvgIpc) is 3.51. The number of ether oxygens (including phenoxy) is 1. The molecule has 1 spiro atoms. The minimum Gasteiger partial charge on any atom is -0.456 e. The fourth-order valence-electron chi connectivity index (χ4n) is 5.64. The quantitative estimate of drug-likeness (QED) is 0.265. The van der Waals surface area contributed by atoms with E-state index in [0.29, 0.717) is 17.1 Å². The summed E-state index contributed by atoms with van der Waals surface area (Å²) in [6, 6.07) is 20.2. The molecule has 1 amide bonds. The van der Waals surface area contributed by atoms with Crippen LogP contribution in [0.25, 0.3) is 0 Å². The number of carbonyl (C=O) groups is 1. The summed E-state index contributed by atoms with van der Waals surface area (Å²) in [6.45, 7) is 9.92. The van der Waals surface area contributed by atoms with Crippen LogP contribution < -0.4 is 15.4 Å².